The van der Waals surface area contributed by atoms with Gasteiger partial charge in [0.05, 0.1) is 18.6 Å². The first kappa shape index (κ1) is 18.1. The van der Waals surface area contributed by atoms with Crippen LogP contribution in [0.15, 0.2) is 77.9 Å². The van der Waals surface area contributed by atoms with Gasteiger partial charge in [-0.25, -0.2) is 9.36 Å². The van der Waals surface area contributed by atoms with Crippen LogP contribution in [0, 0.1) is 0 Å². The lowest BCUT2D eigenvalue weighted by Crippen LogP contribution is -2.34. The van der Waals surface area contributed by atoms with Crippen LogP contribution >= 0.6 is 0 Å². The van der Waals surface area contributed by atoms with Crippen molar-refractivity contribution in [1.82, 2.24) is 24.5 Å². The summed E-state index contributed by atoms with van der Waals surface area (Å²) in [4.78, 5) is 15.2. The number of fused-ring (bicyclic) bond motifs is 1. The number of hydrogen-bond donors (Lipinski definition) is 0. The van der Waals surface area contributed by atoms with E-state index in [1.54, 1.807) is 10.9 Å². The number of nitrogens with zero attached hydrogens (tertiary/aromatic N) is 5. The van der Waals surface area contributed by atoms with E-state index in [0.717, 1.165) is 30.6 Å². The SMILES string of the molecule is CCCN(Cc1ccccc1)Cn1ncc2cn(-c3ccccc3)nc2c1=O. The van der Waals surface area contributed by atoms with Crippen molar-refractivity contribution in [3.8, 4) is 5.69 Å². The van der Waals surface area contributed by atoms with Gasteiger partial charge in [0.25, 0.3) is 5.56 Å². The fourth-order valence-corrected chi connectivity index (χ4v) is 3.32. The highest BCUT2D eigenvalue weighted by Gasteiger charge is 2.13. The standard InChI is InChI=1S/C22H23N5O/c1-2-13-25(15-18-9-5-3-6-10-18)17-27-22(28)21-19(14-23-27)16-26(24-21)20-11-7-4-8-12-20/h3-12,14,16H,2,13,15,17H2,1H3. The van der Waals surface area contributed by atoms with Crippen molar-refractivity contribution >= 4 is 10.9 Å². The zero-order chi connectivity index (χ0) is 19.3. The Morgan fingerprint density at radius 3 is 2.43 bits per heavy atom. The monoisotopic (exact) mass is 373 g/mol. The summed E-state index contributed by atoms with van der Waals surface area (Å²) >= 11 is 0. The van der Waals surface area contributed by atoms with Gasteiger partial charge < -0.3 is 0 Å². The molecule has 2 heterocycles. The Labute approximate surface area is 163 Å². The second-order valence-corrected chi connectivity index (χ2v) is 6.84. The lowest BCUT2D eigenvalue weighted by molar-refractivity contribution is 0.194. The van der Waals surface area contributed by atoms with Crippen molar-refractivity contribution in [1.29, 1.82) is 0 Å². The summed E-state index contributed by atoms with van der Waals surface area (Å²) in [6.07, 6.45) is 4.57. The topological polar surface area (TPSA) is 56.0 Å². The van der Waals surface area contributed by atoms with Crippen molar-refractivity contribution in [2.45, 2.75) is 26.6 Å². The van der Waals surface area contributed by atoms with Gasteiger partial charge in [-0.1, -0.05) is 55.5 Å². The van der Waals surface area contributed by atoms with Crippen molar-refractivity contribution in [3.63, 3.8) is 0 Å². The Kier molecular flexibility index (Phi) is 5.30. The Morgan fingerprint density at radius 2 is 1.71 bits per heavy atom. The van der Waals surface area contributed by atoms with E-state index in [1.165, 1.54) is 10.2 Å². The van der Waals surface area contributed by atoms with Crippen LogP contribution in [0.5, 0.6) is 0 Å². The maximum atomic E-state index is 13.0. The van der Waals surface area contributed by atoms with Crippen molar-refractivity contribution in [3.05, 3.63) is 89.0 Å². The lowest BCUT2D eigenvalue weighted by atomic mass is 10.2. The zero-order valence-electron chi connectivity index (χ0n) is 15.9. The Bertz CT molecular complexity index is 1100. The second-order valence-electron chi connectivity index (χ2n) is 6.84. The third-order valence-electron chi connectivity index (χ3n) is 4.66. The maximum absolute atomic E-state index is 13.0. The molecule has 0 saturated heterocycles. The number of para-hydroxylation sites is 1. The molecule has 2 aromatic carbocycles. The second kappa shape index (κ2) is 8.19. The van der Waals surface area contributed by atoms with Gasteiger partial charge in [-0.3, -0.25) is 9.69 Å². The third kappa shape index (κ3) is 3.87. The normalized spacial score (nSPS) is 11.4. The highest BCUT2D eigenvalue weighted by molar-refractivity contribution is 5.76. The van der Waals surface area contributed by atoms with Crippen LogP contribution in [0.3, 0.4) is 0 Å². The number of rotatable bonds is 7. The average Bonchev–Trinajstić information content (AvgIpc) is 3.17. The zero-order valence-corrected chi connectivity index (χ0v) is 15.9. The summed E-state index contributed by atoms with van der Waals surface area (Å²) in [7, 11) is 0. The number of benzene rings is 2. The van der Waals surface area contributed by atoms with Gasteiger partial charge >= 0.3 is 0 Å². The van der Waals surface area contributed by atoms with E-state index in [-0.39, 0.29) is 5.56 Å². The predicted octanol–water partition coefficient (Wildman–Crippen LogP) is 3.45. The van der Waals surface area contributed by atoms with Crippen LogP contribution in [0.4, 0.5) is 0 Å². The molecule has 6 nitrogen and oxygen atoms in total. The molecule has 0 aliphatic rings. The van der Waals surface area contributed by atoms with Gasteiger partial charge in [0.2, 0.25) is 0 Å². The van der Waals surface area contributed by atoms with Crippen LogP contribution in [0.1, 0.15) is 18.9 Å². The smallest absolute Gasteiger partial charge is 0.280 e. The molecule has 4 rings (SSSR count). The van der Waals surface area contributed by atoms with E-state index in [0.29, 0.717) is 12.2 Å². The molecule has 28 heavy (non-hydrogen) atoms. The molecule has 2 aromatic heterocycles. The molecule has 0 amide bonds. The summed E-state index contributed by atoms with van der Waals surface area (Å²) in [6.45, 7) is 4.24. The summed E-state index contributed by atoms with van der Waals surface area (Å²) in [6, 6.07) is 20.1. The summed E-state index contributed by atoms with van der Waals surface area (Å²) in [5, 5.41) is 9.64. The van der Waals surface area contributed by atoms with Gasteiger partial charge in [0.1, 0.15) is 0 Å². The maximum Gasteiger partial charge on any atom is 0.296 e. The molecule has 0 aliphatic carbocycles. The first-order chi connectivity index (χ1) is 13.7. The van der Waals surface area contributed by atoms with Crippen LogP contribution in [-0.2, 0) is 13.2 Å². The van der Waals surface area contributed by atoms with Crippen molar-refractivity contribution < 1.29 is 0 Å². The van der Waals surface area contributed by atoms with Gasteiger partial charge in [-0.2, -0.15) is 10.2 Å². The largest absolute Gasteiger partial charge is 0.296 e. The third-order valence-corrected chi connectivity index (χ3v) is 4.66. The molecule has 0 fully saturated rings. The summed E-state index contributed by atoms with van der Waals surface area (Å²) < 4.78 is 3.23. The van der Waals surface area contributed by atoms with Gasteiger partial charge in [-0.05, 0) is 30.7 Å². The first-order valence-electron chi connectivity index (χ1n) is 9.52. The van der Waals surface area contributed by atoms with E-state index in [2.05, 4.69) is 34.2 Å². The fraction of sp³-hybridized carbons (Fsp3) is 0.227. The van der Waals surface area contributed by atoms with Gasteiger partial charge in [-0.15, -0.1) is 0 Å². The Morgan fingerprint density at radius 1 is 1.00 bits per heavy atom. The van der Waals surface area contributed by atoms with Crippen LogP contribution in [0.25, 0.3) is 16.6 Å². The van der Waals surface area contributed by atoms with Crippen molar-refractivity contribution in [2.24, 2.45) is 0 Å². The van der Waals surface area contributed by atoms with Crippen LogP contribution in [-0.4, -0.2) is 31.0 Å². The number of aromatic nitrogens is 4. The number of hydrogen-bond acceptors (Lipinski definition) is 4. The molecule has 0 unspecified atom stereocenters. The van der Waals surface area contributed by atoms with Crippen LogP contribution in [0.2, 0.25) is 0 Å². The van der Waals surface area contributed by atoms with E-state index in [9.17, 15) is 4.79 Å². The summed E-state index contributed by atoms with van der Waals surface area (Å²) in [5.74, 6) is 0. The Balaban J connectivity index is 1.62. The highest BCUT2D eigenvalue weighted by Crippen LogP contribution is 2.12. The minimum atomic E-state index is -0.165. The molecule has 0 saturated carbocycles. The quantitative estimate of drug-likeness (QED) is 0.498. The van der Waals surface area contributed by atoms with E-state index in [4.69, 9.17) is 0 Å². The molecule has 142 valence electrons. The van der Waals surface area contributed by atoms with E-state index >= 15 is 0 Å². The van der Waals surface area contributed by atoms with Gasteiger partial charge in [0, 0.05) is 18.1 Å². The molecule has 0 spiro atoms. The molecule has 6 heteroatoms. The minimum Gasteiger partial charge on any atom is -0.280 e. The first-order valence-corrected chi connectivity index (χ1v) is 9.52. The predicted molar refractivity (Wildman–Crippen MR) is 110 cm³/mol. The molecular weight excluding hydrogens is 350 g/mol. The Hall–Kier alpha value is -3.25. The van der Waals surface area contributed by atoms with Crippen molar-refractivity contribution in [2.75, 3.05) is 6.54 Å². The molecule has 4 aromatic rings. The van der Waals surface area contributed by atoms with E-state index < -0.39 is 0 Å². The summed E-state index contributed by atoms with van der Waals surface area (Å²) in [5.41, 5.74) is 2.41. The molecule has 0 N–H and O–H groups in total. The lowest BCUT2D eigenvalue weighted by Gasteiger charge is -2.22. The van der Waals surface area contributed by atoms with E-state index in [1.807, 2.05) is 54.7 Å². The molecule has 0 atom stereocenters. The van der Waals surface area contributed by atoms with Crippen LogP contribution < -0.4 is 5.56 Å². The molecular formula is C22H23N5O. The highest BCUT2D eigenvalue weighted by atomic mass is 16.1. The fourth-order valence-electron chi connectivity index (χ4n) is 3.32. The molecule has 0 bridgehead atoms. The average molecular weight is 373 g/mol. The van der Waals surface area contributed by atoms with Gasteiger partial charge in [0.15, 0.2) is 5.52 Å². The minimum absolute atomic E-state index is 0.165. The molecule has 0 radical (unpaired) electrons. The molecule has 0 aliphatic heterocycles.